The summed E-state index contributed by atoms with van der Waals surface area (Å²) in [6.45, 7) is 2.08. The highest BCUT2D eigenvalue weighted by atomic mass is 16.1. The van der Waals surface area contributed by atoms with Crippen molar-refractivity contribution in [3.63, 3.8) is 0 Å². The van der Waals surface area contributed by atoms with Crippen molar-refractivity contribution in [2.75, 3.05) is 0 Å². The van der Waals surface area contributed by atoms with Crippen molar-refractivity contribution >= 4 is 6.29 Å². The van der Waals surface area contributed by atoms with Crippen LogP contribution >= 0.6 is 0 Å². The molecule has 1 aromatic carbocycles. The van der Waals surface area contributed by atoms with E-state index in [0.717, 1.165) is 12.7 Å². The lowest BCUT2D eigenvalue weighted by molar-refractivity contribution is -0.109. The van der Waals surface area contributed by atoms with Crippen LogP contribution in [0.2, 0.25) is 0 Å². The summed E-state index contributed by atoms with van der Waals surface area (Å²) in [7, 11) is 0. The van der Waals surface area contributed by atoms with Crippen molar-refractivity contribution in [2.45, 2.75) is 19.3 Å². The lowest BCUT2D eigenvalue weighted by Gasteiger charge is -2.25. The first-order valence-electron chi connectivity index (χ1n) is 3.86. The highest BCUT2D eigenvalue weighted by Gasteiger charge is 2.24. The molecule has 0 bridgehead atoms. The van der Waals surface area contributed by atoms with Crippen molar-refractivity contribution < 1.29 is 4.79 Å². The van der Waals surface area contributed by atoms with Crippen LogP contribution in [0.1, 0.15) is 22.6 Å². The number of hydrogen-bond donors (Lipinski definition) is 0. The summed E-state index contributed by atoms with van der Waals surface area (Å²) in [5, 5.41) is 0. The Labute approximate surface area is 66.0 Å². The maximum absolute atomic E-state index is 10.4. The number of benzene rings is 1. The van der Waals surface area contributed by atoms with Crippen LogP contribution in [0.25, 0.3) is 0 Å². The Bertz CT molecular complexity index is 302. The van der Waals surface area contributed by atoms with Gasteiger partial charge in [-0.1, -0.05) is 23.8 Å². The molecule has 0 heterocycles. The van der Waals surface area contributed by atoms with Crippen LogP contribution in [0.5, 0.6) is 0 Å². The molecule has 0 aromatic heterocycles. The number of fused-ring (bicyclic) bond motifs is 1. The summed E-state index contributed by atoms with van der Waals surface area (Å²) >= 11 is 0. The SMILES string of the molecule is Cc1ccc2c(c1)CC2C=O. The Hall–Kier alpha value is -1.11. The molecule has 0 aliphatic heterocycles. The number of aryl methyl sites for hydroxylation is 1. The molecule has 0 saturated heterocycles. The summed E-state index contributed by atoms with van der Waals surface area (Å²) in [5.41, 5.74) is 3.86. The van der Waals surface area contributed by atoms with Gasteiger partial charge in [0.05, 0.1) is 0 Å². The van der Waals surface area contributed by atoms with Gasteiger partial charge in [-0.15, -0.1) is 0 Å². The van der Waals surface area contributed by atoms with Crippen molar-refractivity contribution in [1.29, 1.82) is 0 Å². The van der Waals surface area contributed by atoms with Gasteiger partial charge in [-0.25, -0.2) is 0 Å². The van der Waals surface area contributed by atoms with Crippen LogP contribution in [0.4, 0.5) is 0 Å². The number of rotatable bonds is 1. The molecule has 56 valence electrons. The molecule has 0 spiro atoms. The average molecular weight is 146 g/mol. The Balaban J connectivity index is 2.42. The molecule has 0 saturated carbocycles. The zero-order chi connectivity index (χ0) is 7.84. The van der Waals surface area contributed by atoms with E-state index < -0.39 is 0 Å². The van der Waals surface area contributed by atoms with E-state index in [-0.39, 0.29) is 5.92 Å². The summed E-state index contributed by atoms with van der Waals surface area (Å²) in [6, 6.07) is 6.29. The molecular formula is C10H10O. The lowest BCUT2D eigenvalue weighted by Crippen LogP contribution is -2.17. The second-order valence-corrected chi connectivity index (χ2v) is 3.15. The predicted molar refractivity (Wildman–Crippen MR) is 43.7 cm³/mol. The molecule has 0 N–H and O–H groups in total. The second kappa shape index (κ2) is 2.19. The van der Waals surface area contributed by atoms with E-state index in [1.54, 1.807) is 0 Å². The molecule has 1 aromatic rings. The van der Waals surface area contributed by atoms with Crippen LogP contribution in [0.3, 0.4) is 0 Å². The van der Waals surface area contributed by atoms with Gasteiger partial charge in [0.1, 0.15) is 6.29 Å². The average Bonchev–Trinajstić information content (AvgIpc) is 1.95. The van der Waals surface area contributed by atoms with Gasteiger partial charge in [-0.2, -0.15) is 0 Å². The molecule has 2 rings (SSSR count). The predicted octanol–water partition coefficient (Wildman–Crippen LogP) is 1.83. The number of carbonyl (C=O) groups is 1. The monoisotopic (exact) mass is 146 g/mol. The van der Waals surface area contributed by atoms with Gasteiger partial charge >= 0.3 is 0 Å². The third kappa shape index (κ3) is 0.881. The van der Waals surface area contributed by atoms with Gasteiger partial charge in [-0.05, 0) is 24.5 Å². The van der Waals surface area contributed by atoms with Crippen molar-refractivity contribution in [1.82, 2.24) is 0 Å². The van der Waals surface area contributed by atoms with Gasteiger partial charge < -0.3 is 4.79 Å². The van der Waals surface area contributed by atoms with E-state index in [1.807, 2.05) is 0 Å². The fraction of sp³-hybridized carbons (Fsp3) is 0.300. The Morgan fingerprint density at radius 1 is 1.55 bits per heavy atom. The van der Waals surface area contributed by atoms with E-state index in [1.165, 1.54) is 16.7 Å². The van der Waals surface area contributed by atoms with E-state index in [0.29, 0.717) is 0 Å². The number of hydrogen-bond acceptors (Lipinski definition) is 1. The first-order valence-corrected chi connectivity index (χ1v) is 3.86. The topological polar surface area (TPSA) is 17.1 Å². The second-order valence-electron chi connectivity index (χ2n) is 3.15. The molecule has 1 atom stereocenters. The van der Waals surface area contributed by atoms with Crippen LogP contribution in [0.15, 0.2) is 18.2 Å². The molecule has 0 amide bonds. The van der Waals surface area contributed by atoms with E-state index in [4.69, 9.17) is 0 Å². The molecule has 0 fully saturated rings. The molecule has 11 heavy (non-hydrogen) atoms. The van der Waals surface area contributed by atoms with E-state index in [9.17, 15) is 4.79 Å². The largest absolute Gasteiger partial charge is 0.303 e. The smallest absolute Gasteiger partial charge is 0.127 e. The normalized spacial score (nSPS) is 20.3. The summed E-state index contributed by atoms with van der Waals surface area (Å²) in [6.07, 6.45) is 1.98. The zero-order valence-electron chi connectivity index (χ0n) is 6.50. The van der Waals surface area contributed by atoms with Gasteiger partial charge in [0.2, 0.25) is 0 Å². The maximum atomic E-state index is 10.4. The summed E-state index contributed by atoms with van der Waals surface area (Å²) < 4.78 is 0. The van der Waals surface area contributed by atoms with Gasteiger partial charge in [-0.3, -0.25) is 0 Å². The number of carbonyl (C=O) groups excluding carboxylic acids is 1. The fourth-order valence-electron chi connectivity index (χ4n) is 1.61. The third-order valence-corrected chi connectivity index (χ3v) is 2.30. The molecule has 1 heteroatoms. The van der Waals surface area contributed by atoms with Crippen molar-refractivity contribution in [2.24, 2.45) is 0 Å². The van der Waals surface area contributed by atoms with E-state index >= 15 is 0 Å². The Morgan fingerprint density at radius 3 is 3.00 bits per heavy atom. The van der Waals surface area contributed by atoms with Gasteiger partial charge in [0, 0.05) is 5.92 Å². The first kappa shape index (κ1) is 6.59. The Morgan fingerprint density at radius 2 is 2.36 bits per heavy atom. The molecule has 1 unspecified atom stereocenters. The minimum atomic E-state index is 0.186. The summed E-state index contributed by atoms with van der Waals surface area (Å²) in [4.78, 5) is 10.4. The minimum absolute atomic E-state index is 0.186. The van der Waals surface area contributed by atoms with Crippen molar-refractivity contribution in [3.8, 4) is 0 Å². The molecule has 0 radical (unpaired) electrons. The van der Waals surface area contributed by atoms with Gasteiger partial charge in [0.15, 0.2) is 0 Å². The fourth-order valence-corrected chi connectivity index (χ4v) is 1.61. The van der Waals surface area contributed by atoms with Crippen LogP contribution in [-0.4, -0.2) is 6.29 Å². The highest BCUT2D eigenvalue weighted by Crippen LogP contribution is 2.33. The quantitative estimate of drug-likeness (QED) is 0.552. The van der Waals surface area contributed by atoms with Crippen LogP contribution in [-0.2, 0) is 11.2 Å². The van der Waals surface area contributed by atoms with Crippen LogP contribution in [0, 0.1) is 6.92 Å². The third-order valence-electron chi connectivity index (χ3n) is 2.30. The molecule has 1 aliphatic rings. The molecular weight excluding hydrogens is 136 g/mol. The van der Waals surface area contributed by atoms with Gasteiger partial charge in [0.25, 0.3) is 0 Å². The van der Waals surface area contributed by atoms with Crippen molar-refractivity contribution in [3.05, 3.63) is 34.9 Å². The molecule has 1 aliphatic carbocycles. The van der Waals surface area contributed by atoms with E-state index in [2.05, 4.69) is 25.1 Å². The lowest BCUT2D eigenvalue weighted by atomic mass is 9.78. The summed E-state index contributed by atoms with van der Waals surface area (Å²) in [5.74, 6) is 0.186. The minimum Gasteiger partial charge on any atom is -0.303 e. The highest BCUT2D eigenvalue weighted by molar-refractivity contribution is 5.68. The maximum Gasteiger partial charge on any atom is 0.127 e. The standard InChI is InChI=1S/C10H10O/c1-7-2-3-10-8(4-7)5-9(10)6-11/h2-4,6,9H,5H2,1H3. The Kier molecular flexibility index (Phi) is 1.31. The number of aldehydes is 1. The zero-order valence-corrected chi connectivity index (χ0v) is 6.50. The van der Waals surface area contributed by atoms with Crippen LogP contribution < -0.4 is 0 Å². The first-order chi connectivity index (χ1) is 5.31. The molecule has 1 nitrogen and oxygen atoms in total.